The number of carbonyl (C=O) groups is 1. The van der Waals surface area contributed by atoms with Crippen molar-refractivity contribution >= 4 is 11.7 Å². The minimum absolute atomic E-state index is 0.0741. The van der Waals surface area contributed by atoms with Crippen LogP contribution in [0.4, 0.5) is 5.69 Å². The van der Waals surface area contributed by atoms with Crippen LogP contribution in [0, 0.1) is 0 Å². The summed E-state index contributed by atoms with van der Waals surface area (Å²) in [4.78, 5) is 16.1. The molecule has 5 heteroatoms. The van der Waals surface area contributed by atoms with Crippen molar-refractivity contribution in [3.8, 4) is 5.75 Å². The Balaban J connectivity index is 1.58. The summed E-state index contributed by atoms with van der Waals surface area (Å²) in [7, 11) is 0. The van der Waals surface area contributed by atoms with Crippen LogP contribution in [0.3, 0.4) is 0 Å². The van der Waals surface area contributed by atoms with E-state index in [9.17, 15) is 9.90 Å². The topological polar surface area (TPSA) is 53.0 Å². The molecule has 0 atom stereocenters. The van der Waals surface area contributed by atoms with Gasteiger partial charge >= 0.3 is 5.97 Å². The van der Waals surface area contributed by atoms with E-state index < -0.39 is 0 Å². The number of aromatic hydroxyl groups is 1. The Hall–Kier alpha value is -1.75. The van der Waals surface area contributed by atoms with Crippen molar-refractivity contribution in [2.24, 2.45) is 0 Å². The summed E-state index contributed by atoms with van der Waals surface area (Å²) in [6, 6.07) is 7.43. The molecule has 0 bridgehead atoms. The highest BCUT2D eigenvalue weighted by molar-refractivity contribution is 5.69. The van der Waals surface area contributed by atoms with E-state index in [1.807, 2.05) is 19.1 Å². The lowest BCUT2D eigenvalue weighted by molar-refractivity contribution is -0.143. The van der Waals surface area contributed by atoms with Gasteiger partial charge in [-0.1, -0.05) is 6.42 Å². The fourth-order valence-corrected chi connectivity index (χ4v) is 2.91. The number of esters is 1. The minimum atomic E-state index is -0.0741. The SMILES string of the molecule is CCOC(=O)CCCCCN1CCN(c2ccc(O)cc2)CC1. The fraction of sp³-hybridized carbons (Fsp3) is 0.611. The van der Waals surface area contributed by atoms with Gasteiger partial charge in [0, 0.05) is 38.3 Å². The average Bonchev–Trinajstić information content (AvgIpc) is 2.56. The molecule has 1 saturated heterocycles. The van der Waals surface area contributed by atoms with Crippen molar-refractivity contribution in [1.29, 1.82) is 0 Å². The van der Waals surface area contributed by atoms with Crippen molar-refractivity contribution < 1.29 is 14.6 Å². The summed E-state index contributed by atoms with van der Waals surface area (Å²) in [6.45, 7) is 7.60. The van der Waals surface area contributed by atoms with Gasteiger partial charge in [-0.2, -0.15) is 0 Å². The van der Waals surface area contributed by atoms with Gasteiger partial charge in [0.05, 0.1) is 6.61 Å². The summed E-state index contributed by atoms with van der Waals surface area (Å²) < 4.78 is 4.93. The molecule has 1 fully saturated rings. The first-order valence-corrected chi connectivity index (χ1v) is 8.61. The molecule has 0 amide bonds. The highest BCUT2D eigenvalue weighted by Crippen LogP contribution is 2.19. The number of piperazine rings is 1. The van der Waals surface area contributed by atoms with Crippen LogP contribution in [0.5, 0.6) is 5.75 Å². The number of hydrogen-bond acceptors (Lipinski definition) is 5. The molecule has 128 valence electrons. The maximum atomic E-state index is 11.2. The highest BCUT2D eigenvalue weighted by atomic mass is 16.5. The van der Waals surface area contributed by atoms with Crippen molar-refractivity contribution in [2.45, 2.75) is 32.6 Å². The Morgan fingerprint density at radius 2 is 1.78 bits per heavy atom. The number of phenols is 1. The van der Waals surface area contributed by atoms with Gasteiger partial charge in [0.1, 0.15) is 5.75 Å². The van der Waals surface area contributed by atoms with Crippen LogP contribution in [0.15, 0.2) is 24.3 Å². The molecule has 0 aliphatic carbocycles. The van der Waals surface area contributed by atoms with Gasteiger partial charge in [-0.25, -0.2) is 0 Å². The van der Waals surface area contributed by atoms with Crippen molar-refractivity contribution in [3.05, 3.63) is 24.3 Å². The Kier molecular flexibility index (Phi) is 7.20. The van der Waals surface area contributed by atoms with E-state index in [4.69, 9.17) is 4.74 Å². The Labute approximate surface area is 138 Å². The largest absolute Gasteiger partial charge is 0.508 e. The number of hydrogen-bond donors (Lipinski definition) is 1. The average molecular weight is 320 g/mol. The van der Waals surface area contributed by atoms with Crippen LogP contribution < -0.4 is 4.90 Å². The molecule has 5 nitrogen and oxygen atoms in total. The first-order chi connectivity index (χ1) is 11.2. The molecular formula is C18H28N2O3. The third-order valence-electron chi connectivity index (χ3n) is 4.25. The van der Waals surface area contributed by atoms with E-state index in [-0.39, 0.29) is 5.97 Å². The molecule has 0 spiro atoms. The van der Waals surface area contributed by atoms with E-state index in [1.54, 1.807) is 12.1 Å². The van der Waals surface area contributed by atoms with Gasteiger partial charge in [0.15, 0.2) is 0 Å². The number of rotatable bonds is 8. The molecule has 0 radical (unpaired) electrons. The molecule has 1 aliphatic rings. The molecule has 0 unspecified atom stereocenters. The molecular weight excluding hydrogens is 292 g/mol. The van der Waals surface area contributed by atoms with Gasteiger partial charge in [-0.05, 0) is 50.6 Å². The molecule has 1 heterocycles. The van der Waals surface area contributed by atoms with E-state index in [0.29, 0.717) is 18.8 Å². The lowest BCUT2D eigenvalue weighted by Gasteiger charge is -2.36. The van der Waals surface area contributed by atoms with Crippen molar-refractivity contribution in [2.75, 3.05) is 44.2 Å². The van der Waals surface area contributed by atoms with Crippen LogP contribution >= 0.6 is 0 Å². The minimum Gasteiger partial charge on any atom is -0.508 e. The monoisotopic (exact) mass is 320 g/mol. The molecule has 2 rings (SSSR count). The van der Waals surface area contributed by atoms with Crippen LogP contribution in [0.25, 0.3) is 0 Å². The summed E-state index contributed by atoms with van der Waals surface area (Å²) >= 11 is 0. The predicted octanol–water partition coefficient (Wildman–Crippen LogP) is 2.64. The second kappa shape index (κ2) is 9.40. The number of ether oxygens (including phenoxy) is 1. The van der Waals surface area contributed by atoms with E-state index in [0.717, 1.165) is 52.0 Å². The van der Waals surface area contributed by atoms with Crippen LogP contribution in [0.1, 0.15) is 32.6 Å². The van der Waals surface area contributed by atoms with Crippen molar-refractivity contribution in [1.82, 2.24) is 4.90 Å². The number of phenolic OH excluding ortho intramolecular Hbond substituents is 1. The highest BCUT2D eigenvalue weighted by Gasteiger charge is 2.16. The number of nitrogens with zero attached hydrogens (tertiary/aromatic N) is 2. The second-order valence-electron chi connectivity index (χ2n) is 5.96. The van der Waals surface area contributed by atoms with Crippen LogP contribution in [0.2, 0.25) is 0 Å². The van der Waals surface area contributed by atoms with Crippen LogP contribution in [-0.4, -0.2) is 55.3 Å². The van der Waals surface area contributed by atoms with E-state index in [1.165, 1.54) is 5.69 Å². The quantitative estimate of drug-likeness (QED) is 0.589. The molecule has 1 aromatic rings. The maximum absolute atomic E-state index is 11.2. The van der Waals surface area contributed by atoms with E-state index >= 15 is 0 Å². The van der Waals surface area contributed by atoms with Gasteiger partial charge in [-0.15, -0.1) is 0 Å². The Morgan fingerprint density at radius 3 is 2.43 bits per heavy atom. The summed E-state index contributed by atoms with van der Waals surface area (Å²) in [5.74, 6) is 0.241. The Bertz CT molecular complexity index is 468. The first-order valence-electron chi connectivity index (χ1n) is 8.61. The lowest BCUT2D eigenvalue weighted by Crippen LogP contribution is -2.46. The zero-order valence-corrected chi connectivity index (χ0v) is 14.0. The zero-order valence-electron chi connectivity index (χ0n) is 14.0. The fourth-order valence-electron chi connectivity index (χ4n) is 2.91. The van der Waals surface area contributed by atoms with Crippen molar-refractivity contribution in [3.63, 3.8) is 0 Å². The molecule has 1 aliphatic heterocycles. The maximum Gasteiger partial charge on any atom is 0.305 e. The number of benzene rings is 1. The van der Waals surface area contributed by atoms with E-state index in [2.05, 4.69) is 9.80 Å². The molecule has 0 saturated carbocycles. The van der Waals surface area contributed by atoms with Gasteiger partial charge in [0.25, 0.3) is 0 Å². The predicted molar refractivity (Wildman–Crippen MR) is 91.9 cm³/mol. The first kappa shape index (κ1) is 17.6. The van der Waals surface area contributed by atoms with Gasteiger partial charge in [0.2, 0.25) is 0 Å². The third kappa shape index (κ3) is 6.10. The number of anilines is 1. The lowest BCUT2D eigenvalue weighted by atomic mass is 10.1. The van der Waals surface area contributed by atoms with Crippen LogP contribution in [-0.2, 0) is 9.53 Å². The molecule has 0 aromatic heterocycles. The second-order valence-corrected chi connectivity index (χ2v) is 5.96. The zero-order chi connectivity index (χ0) is 16.5. The molecule has 1 aromatic carbocycles. The van der Waals surface area contributed by atoms with Gasteiger partial charge in [-0.3, -0.25) is 9.69 Å². The number of unbranched alkanes of at least 4 members (excludes halogenated alkanes) is 2. The smallest absolute Gasteiger partial charge is 0.305 e. The third-order valence-corrected chi connectivity index (χ3v) is 4.25. The molecule has 23 heavy (non-hydrogen) atoms. The summed E-state index contributed by atoms with van der Waals surface area (Å²) in [5, 5.41) is 9.35. The normalized spacial score (nSPS) is 15.6. The Morgan fingerprint density at radius 1 is 1.09 bits per heavy atom. The van der Waals surface area contributed by atoms with Gasteiger partial charge < -0.3 is 14.7 Å². The standard InChI is InChI=1S/C18H28N2O3/c1-2-23-18(22)6-4-3-5-11-19-12-14-20(15-13-19)16-7-9-17(21)10-8-16/h7-10,21H,2-6,11-15H2,1H3. The number of carbonyl (C=O) groups excluding carboxylic acids is 1. The summed E-state index contributed by atoms with van der Waals surface area (Å²) in [6.07, 6.45) is 3.68. The molecule has 1 N–H and O–H groups in total. The summed E-state index contributed by atoms with van der Waals surface area (Å²) in [5.41, 5.74) is 1.18.